The molecule has 0 spiro atoms. The Balaban J connectivity index is 2.16. The lowest BCUT2D eigenvalue weighted by atomic mass is 10.2. The number of rotatable bonds is 4. The first-order chi connectivity index (χ1) is 9.51. The van der Waals surface area contributed by atoms with Gasteiger partial charge in [0, 0.05) is 11.1 Å². The van der Waals surface area contributed by atoms with E-state index in [0.717, 1.165) is 22.6 Å². The van der Waals surface area contributed by atoms with Crippen molar-refractivity contribution < 1.29 is 9.53 Å². The van der Waals surface area contributed by atoms with Gasteiger partial charge in [-0.25, -0.2) is 0 Å². The molecular weight excluding hydrogens is 276 g/mol. The second-order valence-corrected chi connectivity index (χ2v) is 5.30. The largest absolute Gasteiger partial charge is 0.495 e. The van der Waals surface area contributed by atoms with Crippen LogP contribution in [0.25, 0.3) is 0 Å². The van der Waals surface area contributed by atoms with Crippen LogP contribution < -0.4 is 14.9 Å². The maximum atomic E-state index is 12.0. The van der Waals surface area contributed by atoms with Crippen LogP contribution in [0.1, 0.15) is 11.3 Å². The fraction of sp³-hybridized carbons (Fsp3) is 0.286. The van der Waals surface area contributed by atoms with Crippen LogP contribution in [-0.4, -0.2) is 17.6 Å². The van der Waals surface area contributed by atoms with Gasteiger partial charge in [-0.3, -0.25) is 14.2 Å². The Hall–Kier alpha value is -2.08. The number of hydrogen-bond acceptors (Lipinski definition) is 4. The second-order valence-electron chi connectivity index (χ2n) is 4.48. The Morgan fingerprint density at radius 2 is 2.15 bits per heavy atom. The number of aromatic nitrogens is 1. The van der Waals surface area contributed by atoms with E-state index >= 15 is 0 Å². The topological polar surface area (TPSA) is 60.3 Å². The highest BCUT2D eigenvalue weighted by molar-refractivity contribution is 7.07. The quantitative estimate of drug-likeness (QED) is 0.939. The van der Waals surface area contributed by atoms with Crippen LogP contribution in [0, 0.1) is 13.8 Å². The number of benzene rings is 1. The Morgan fingerprint density at radius 1 is 1.40 bits per heavy atom. The third kappa shape index (κ3) is 3.08. The maximum Gasteiger partial charge on any atom is 0.307 e. The van der Waals surface area contributed by atoms with E-state index < -0.39 is 0 Å². The van der Waals surface area contributed by atoms with E-state index in [-0.39, 0.29) is 17.3 Å². The number of hydrogen-bond donors (Lipinski definition) is 1. The molecule has 2 aromatic rings. The van der Waals surface area contributed by atoms with Crippen LogP contribution in [0.4, 0.5) is 5.69 Å². The van der Waals surface area contributed by atoms with Gasteiger partial charge in [0.1, 0.15) is 12.3 Å². The van der Waals surface area contributed by atoms with E-state index in [9.17, 15) is 9.59 Å². The predicted molar refractivity (Wildman–Crippen MR) is 79.7 cm³/mol. The summed E-state index contributed by atoms with van der Waals surface area (Å²) in [4.78, 5) is 23.5. The average Bonchev–Trinajstić information content (AvgIpc) is 2.71. The number of ether oxygens (including phenoxy) is 1. The number of carbonyl (C=O) groups is 1. The van der Waals surface area contributed by atoms with Gasteiger partial charge in [0.25, 0.3) is 0 Å². The lowest BCUT2D eigenvalue weighted by Crippen LogP contribution is -2.25. The molecule has 0 aliphatic carbocycles. The normalized spacial score (nSPS) is 10.3. The fourth-order valence-corrected chi connectivity index (χ4v) is 2.58. The molecule has 0 saturated heterocycles. The molecule has 0 bridgehead atoms. The summed E-state index contributed by atoms with van der Waals surface area (Å²) in [5.41, 5.74) is 2.41. The minimum atomic E-state index is -0.252. The molecule has 0 fully saturated rings. The van der Waals surface area contributed by atoms with Crippen LogP contribution in [-0.2, 0) is 11.3 Å². The van der Waals surface area contributed by atoms with Crippen LogP contribution >= 0.6 is 11.3 Å². The number of anilines is 1. The third-order valence-electron chi connectivity index (χ3n) is 2.91. The Bertz CT molecular complexity index is 688. The number of amides is 1. The van der Waals surface area contributed by atoms with E-state index in [1.807, 2.05) is 19.1 Å². The third-order valence-corrected chi connectivity index (χ3v) is 3.79. The first kappa shape index (κ1) is 14.3. The lowest BCUT2D eigenvalue weighted by Gasteiger charge is -2.11. The van der Waals surface area contributed by atoms with Gasteiger partial charge < -0.3 is 10.1 Å². The molecule has 0 unspecified atom stereocenters. The number of thiazole rings is 1. The summed E-state index contributed by atoms with van der Waals surface area (Å²) < 4.78 is 6.65. The summed E-state index contributed by atoms with van der Waals surface area (Å²) >= 11 is 1.09. The predicted octanol–water partition coefficient (Wildman–Crippen LogP) is 2.17. The van der Waals surface area contributed by atoms with Gasteiger partial charge in [0.15, 0.2) is 0 Å². The number of nitrogens with zero attached hydrogens (tertiary/aromatic N) is 1. The van der Waals surface area contributed by atoms with Crippen molar-refractivity contribution >= 4 is 22.9 Å². The Kier molecular flexibility index (Phi) is 4.24. The zero-order chi connectivity index (χ0) is 14.7. The van der Waals surface area contributed by atoms with Crippen molar-refractivity contribution in [3.8, 4) is 5.75 Å². The molecule has 0 aliphatic heterocycles. The molecule has 20 heavy (non-hydrogen) atoms. The summed E-state index contributed by atoms with van der Waals surface area (Å²) in [5, 5.41) is 4.51. The molecule has 2 rings (SSSR count). The van der Waals surface area contributed by atoms with E-state index in [2.05, 4.69) is 5.32 Å². The highest BCUT2D eigenvalue weighted by Crippen LogP contribution is 2.25. The Morgan fingerprint density at radius 3 is 2.75 bits per heavy atom. The van der Waals surface area contributed by atoms with Gasteiger partial charge in [0.2, 0.25) is 5.91 Å². The number of aryl methyl sites for hydroxylation is 2. The van der Waals surface area contributed by atoms with E-state index in [4.69, 9.17) is 4.74 Å². The highest BCUT2D eigenvalue weighted by Gasteiger charge is 2.11. The zero-order valence-corrected chi connectivity index (χ0v) is 12.4. The van der Waals surface area contributed by atoms with Crippen molar-refractivity contribution in [2.45, 2.75) is 20.4 Å². The fourth-order valence-electron chi connectivity index (χ4n) is 1.85. The van der Waals surface area contributed by atoms with E-state index in [1.165, 1.54) is 4.57 Å². The molecule has 0 aliphatic rings. The van der Waals surface area contributed by atoms with Gasteiger partial charge >= 0.3 is 4.87 Å². The SMILES string of the molecule is COc1ccc(C)cc1NC(=O)Cn1c(C)csc1=O. The molecule has 1 amide bonds. The van der Waals surface area contributed by atoms with Gasteiger partial charge in [-0.05, 0) is 31.5 Å². The monoisotopic (exact) mass is 292 g/mol. The van der Waals surface area contributed by atoms with Crippen molar-refractivity contribution in [3.05, 3.63) is 44.5 Å². The van der Waals surface area contributed by atoms with Crippen molar-refractivity contribution in [2.24, 2.45) is 0 Å². The molecule has 1 N–H and O–H groups in total. The number of nitrogens with one attached hydrogen (secondary N) is 1. The first-order valence-electron chi connectivity index (χ1n) is 6.10. The molecular formula is C14H16N2O3S. The first-order valence-corrected chi connectivity index (χ1v) is 6.98. The van der Waals surface area contributed by atoms with E-state index in [1.54, 1.807) is 25.5 Å². The second kappa shape index (κ2) is 5.92. The standard InChI is InChI=1S/C14H16N2O3S/c1-9-4-5-12(19-3)11(6-9)15-13(17)7-16-10(2)8-20-14(16)18/h4-6,8H,7H2,1-3H3,(H,15,17). The summed E-state index contributed by atoms with van der Waals surface area (Å²) in [5.74, 6) is 0.343. The maximum absolute atomic E-state index is 12.0. The average molecular weight is 292 g/mol. The molecule has 6 heteroatoms. The van der Waals surface area contributed by atoms with E-state index in [0.29, 0.717) is 11.4 Å². The lowest BCUT2D eigenvalue weighted by molar-refractivity contribution is -0.116. The van der Waals surface area contributed by atoms with Crippen molar-refractivity contribution in [3.63, 3.8) is 0 Å². The number of methoxy groups -OCH3 is 1. The molecule has 0 radical (unpaired) electrons. The van der Waals surface area contributed by atoms with Crippen LogP contribution in [0.2, 0.25) is 0 Å². The highest BCUT2D eigenvalue weighted by atomic mass is 32.1. The molecule has 1 aromatic heterocycles. The van der Waals surface area contributed by atoms with Gasteiger partial charge in [-0.2, -0.15) is 0 Å². The molecule has 5 nitrogen and oxygen atoms in total. The summed E-state index contributed by atoms with van der Waals surface area (Å²) in [7, 11) is 1.55. The summed E-state index contributed by atoms with van der Waals surface area (Å²) in [6.45, 7) is 3.74. The summed E-state index contributed by atoms with van der Waals surface area (Å²) in [6, 6.07) is 5.54. The van der Waals surface area contributed by atoms with Crippen LogP contribution in [0.5, 0.6) is 5.75 Å². The van der Waals surface area contributed by atoms with Crippen LogP contribution in [0.15, 0.2) is 28.4 Å². The van der Waals surface area contributed by atoms with Gasteiger partial charge in [0.05, 0.1) is 12.8 Å². The Labute approximate surface area is 120 Å². The molecule has 106 valence electrons. The number of carbonyl (C=O) groups excluding carboxylic acids is 1. The molecule has 0 saturated carbocycles. The minimum absolute atomic E-state index is 0.00522. The van der Waals surface area contributed by atoms with Crippen molar-refractivity contribution in [1.82, 2.24) is 4.57 Å². The van der Waals surface area contributed by atoms with Gasteiger partial charge in [-0.1, -0.05) is 17.4 Å². The molecule has 1 heterocycles. The summed E-state index contributed by atoms with van der Waals surface area (Å²) in [6.07, 6.45) is 0. The molecule has 1 aromatic carbocycles. The minimum Gasteiger partial charge on any atom is -0.495 e. The van der Waals surface area contributed by atoms with Crippen LogP contribution in [0.3, 0.4) is 0 Å². The molecule has 0 atom stereocenters. The van der Waals surface area contributed by atoms with Gasteiger partial charge in [-0.15, -0.1) is 0 Å². The smallest absolute Gasteiger partial charge is 0.307 e. The van der Waals surface area contributed by atoms with Crippen molar-refractivity contribution in [1.29, 1.82) is 0 Å². The zero-order valence-electron chi connectivity index (χ0n) is 11.6. The van der Waals surface area contributed by atoms with Crippen molar-refractivity contribution in [2.75, 3.05) is 12.4 Å².